The number of carbonyl (C=O) groups excluding carboxylic acids is 1. The van der Waals surface area contributed by atoms with Crippen molar-refractivity contribution in [2.24, 2.45) is 0 Å². The summed E-state index contributed by atoms with van der Waals surface area (Å²) in [5.74, 6) is 0.804. The SMILES string of the molecule is COCCNC(=O)CN(C)Cc1cc(Br)ccc1OC. The van der Waals surface area contributed by atoms with Gasteiger partial charge >= 0.3 is 0 Å². The smallest absolute Gasteiger partial charge is 0.234 e. The molecule has 0 saturated heterocycles. The predicted molar refractivity (Wildman–Crippen MR) is 81.9 cm³/mol. The van der Waals surface area contributed by atoms with Crippen LogP contribution in [0.25, 0.3) is 0 Å². The van der Waals surface area contributed by atoms with E-state index in [1.165, 1.54) is 0 Å². The van der Waals surface area contributed by atoms with E-state index in [9.17, 15) is 4.79 Å². The van der Waals surface area contributed by atoms with Crippen LogP contribution >= 0.6 is 15.9 Å². The second kappa shape index (κ2) is 8.94. The molecule has 0 spiro atoms. The molecular formula is C14H21BrN2O3. The summed E-state index contributed by atoms with van der Waals surface area (Å²) < 4.78 is 11.2. The van der Waals surface area contributed by atoms with Crippen molar-refractivity contribution >= 4 is 21.8 Å². The Morgan fingerprint density at radius 3 is 2.80 bits per heavy atom. The van der Waals surface area contributed by atoms with Crippen LogP contribution in [0.1, 0.15) is 5.56 Å². The van der Waals surface area contributed by atoms with Gasteiger partial charge in [-0.25, -0.2) is 0 Å². The minimum Gasteiger partial charge on any atom is -0.496 e. The molecule has 0 saturated carbocycles. The van der Waals surface area contributed by atoms with E-state index in [-0.39, 0.29) is 5.91 Å². The van der Waals surface area contributed by atoms with Crippen molar-refractivity contribution < 1.29 is 14.3 Å². The van der Waals surface area contributed by atoms with Crippen molar-refractivity contribution in [2.75, 3.05) is 41.0 Å². The third-order valence-corrected chi connectivity index (χ3v) is 3.22. The van der Waals surface area contributed by atoms with Gasteiger partial charge in [0, 0.05) is 30.2 Å². The fraction of sp³-hybridized carbons (Fsp3) is 0.500. The third kappa shape index (κ3) is 5.90. The largest absolute Gasteiger partial charge is 0.496 e. The zero-order valence-corrected chi connectivity index (χ0v) is 13.7. The number of benzene rings is 1. The average molecular weight is 345 g/mol. The van der Waals surface area contributed by atoms with Crippen molar-refractivity contribution in [2.45, 2.75) is 6.54 Å². The number of rotatable bonds is 8. The number of amides is 1. The lowest BCUT2D eigenvalue weighted by Crippen LogP contribution is -2.36. The number of hydrogen-bond donors (Lipinski definition) is 1. The zero-order chi connectivity index (χ0) is 15.0. The van der Waals surface area contributed by atoms with Crippen molar-refractivity contribution in [3.63, 3.8) is 0 Å². The van der Waals surface area contributed by atoms with Gasteiger partial charge in [-0.1, -0.05) is 15.9 Å². The number of likely N-dealkylation sites (N-methyl/N-ethyl adjacent to an activating group) is 1. The van der Waals surface area contributed by atoms with Crippen LogP contribution in [-0.2, 0) is 16.1 Å². The van der Waals surface area contributed by atoms with Gasteiger partial charge in [-0.15, -0.1) is 0 Å². The topological polar surface area (TPSA) is 50.8 Å². The van der Waals surface area contributed by atoms with Gasteiger partial charge in [0.2, 0.25) is 5.91 Å². The van der Waals surface area contributed by atoms with Crippen molar-refractivity contribution in [3.05, 3.63) is 28.2 Å². The van der Waals surface area contributed by atoms with Gasteiger partial charge in [-0.05, 0) is 25.2 Å². The van der Waals surface area contributed by atoms with Crippen molar-refractivity contribution in [3.8, 4) is 5.75 Å². The molecule has 0 heterocycles. The number of hydrogen-bond acceptors (Lipinski definition) is 4. The molecule has 112 valence electrons. The Balaban J connectivity index is 2.51. The summed E-state index contributed by atoms with van der Waals surface area (Å²) in [5, 5.41) is 2.79. The van der Waals surface area contributed by atoms with E-state index in [2.05, 4.69) is 21.2 Å². The standard InChI is InChI=1S/C14H21BrN2O3/c1-17(10-14(18)16-6-7-19-2)9-11-8-12(15)4-5-13(11)20-3/h4-5,8H,6-7,9-10H2,1-3H3,(H,16,18). The van der Waals surface area contributed by atoms with Crippen LogP contribution in [0, 0.1) is 0 Å². The molecule has 0 aliphatic rings. The number of ether oxygens (including phenoxy) is 2. The molecule has 5 nitrogen and oxygen atoms in total. The lowest BCUT2D eigenvalue weighted by molar-refractivity contribution is -0.122. The summed E-state index contributed by atoms with van der Waals surface area (Å²) in [6, 6.07) is 5.84. The second-order valence-electron chi connectivity index (χ2n) is 4.47. The maximum atomic E-state index is 11.7. The highest BCUT2D eigenvalue weighted by Gasteiger charge is 2.10. The normalized spacial score (nSPS) is 10.7. The summed E-state index contributed by atoms with van der Waals surface area (Å²) in [5.41, 5.74) is 1.04. The molecule has 0 unspecified atom stereocenters. The Labute approximate surface area is 128 Å². The molecule has 1 amide bonds. The van der Waals surface area contributed by atoms with Crippen molar-refractivity contribution in [1.29, 1.82) is 0 Å². The highest BCUT2D eigenvalue weighted by Crippen LogP contribution is 2.23. The van der Waals surface area contributed by atoms with Crippen LogP contribution in [0.4, 0.5) is 0 Å². The van der Waals surface area contributed by atoms with Gasteiger partial charge in [0.15, 0.2) is 0 Å². The van der Waals surface area contributed by atoms with Crippen LogP contribution in [-0.4, -0.2) is 51.8 Å². The third-order valence-electron chi connectivity index (χ3n) is 2.72. The number of carbonyl (C=O) groups is 1. The van der Waals surface area contributed by atoms with Crippen LogP contribution in [0.3, 0.4) is 0 Å². The Hall–Kier alpha value is -1.11. The van der Waals surface area contributed by atoms with E-state index < -0.39 is 0 Å². The van der Waals surface area contributed by atoms with E-state index in [0.717, 1.165) is 15.8 Å². The second-order valence-corrected chi connectivity index (χ2v) is 5.39. The number of methoxy groups -OCH3 is 2. The van der Waals surface area contributed by atoms with E-state index in [1.807, 2.05) is 30.1 Å². The zero-order valence-electron chi connectivity index (χ0n) is 12.1. The molecule has 0 atom stereocenters. The molecule has 0 aliphatic carbocycles. The van der Waals surface area contributed by atoms with E-state index in [1.54, 1.807) is 14.2 Å². The minimum atomic E-state index is -0.0153. The lowest BCUT2D eigenvalue weighted by Gasteiger charge is -2.18. The molecule has 1 N–H and O–H groups in total. The molecule has 1 aromatic rings. The molecule has 6 heteroatoms. The van der Waals surface area contributed by atoms with Gasteiger partial charge in [-0.2, -0.15) is 0 Å². The Morgan fingerprint density at radius 2 is 2.15 bits per heavy atom. The van der Waals surface area contributed by atoms with Crippen LogP contribution in [0.5, 0.6) is 5.75 Å². The maximum absolute atomic E-state index is 11.7. The number of halogens is 1. The first kappa shape index (κ1) is 16.9. The van der Waals surface area contributed by atoms with Crippen LogP contribution in [0.2, 0.25) is 0 Å². The van der Waals surface area contributed by atoms with Gasteiger partial charge < -0.3 is 14.8 Å². The molecule has 0 aliphatic heterocycles. The first-order valence-electron chi connectivity index (χ1n) is 6.33. The molecule has 0 radical (unpaired) electrons. The Bertz CT molecular complexity index is 440. The van der Waals surface area contributed by atoms with Crippen molar-refractivity contribution in [1.82, 2.24) is 10.2 Å². The van der Waals surface area contributed by atoms with E-state index in [0.29, 0.717) is 26.2 Å². The Kier molecular flexibility index (Phi) is 7.58. The predicted octanol–water partition coefficient (Wildman–Crippen LogP) is 1.65. The monoisotopic (exact) mass is 344 g/mol. The fourth-order valence-electron chi connectivity index (χ4n) is 1.81. The first-order chi connectivity index (χ1) is 9.56. The summed E-state index contributed by atoms with van der Waals surface area (Å²) in [6.07, 6.45) is 0. The van der Waals surface area contributed by atoms with Crippen LogP contribution < -0.4 is 10.1 Å². The summed E-state index contributed by atoms with van der Waals surface area (Å²) >= 11 is 3.44. The highest BCUT2D eigenvalue weighted by atomic mass is 79.9. The fourth-order valence-corrected chi connectivity index (χ4v) is 2.22. The number of nitrogens with zero attached hydrogens (tertiary/aromatic N) is 1. The summed E-state index contributed by atoms with van der Waals surface area (Å²) in [4.78, 5) is 13.6. The highest BCUT2D eigenvalue weighted by molar-refractivity contribution is 9.10. The van der Waals surface area contributed by atoms with E-state index >= 15 is 0 Å². The maximum Gasteiger partial charge on any atom is 0.234 e. The molecule has 20 heavy (non-hydrogen) atoms. The number of nitrogens with one attached hydrogen (secondary N) is 1. The molecule has 1 aromatic carbocycles. The molecular weight excluding hydrogens is 324 g/mol. The molecule has 0 bridgehead atoms. The van der Waals surface area contributed by atoms with Gasteiger partial charge in [0.05, 0.1) is 20.3 Å². The van der Waals surface area contributed by atoms with E-state index in [4.69, 9.17) is 9.47 Å². The molecule has 0 fully saturated rings. The van der Waals surface area contributed by atoms with Gasteiger partial charge in [0.25, 0.3) is 0 Å². The first-order valence-corrected chi connectivity index (χ1v) is 7.12. The minimum absolute atomic E-state index is 0.0153. The van der Waals surface area contributed by atoms with Gasteiger partial charge in [-0.3, -0.25) is 9.69 Å². The quantitative estimate of drug-likeness (QED) is 0.728. The van der Waals surface area contributed by atoms with Crippen LogP contribution in [0.15, 0.2) is 22.7 Å². The lowest BCUT2D eigenvalue weighted by atomic mass is 10.2. The molecule has 1 rings (SSSR count). The molecule has 0 aromatic heterocycles. The van der Waals surface area contributed by atoms with Gasteiger partial charge in [0.1, 0.15) is 5.75 Å². The Morgan fingerprint density at radius 1 is 1.40 bits per heavy atom. The average Bonchev–Trinajstić information content (AvgIpc) is 2.39. The summed E-state index contributed by atoms with van der Waals surface area (Å²) in [7, 11) is 5.15. The summed E-state index contributed by atoms with van der Waals surface area (Å²) in [6.45, 7) is 2.03.